The highest BCUT2D eigenvalue weighted by molar-refractivity contribution is 6.62. The topological polar surface area (TPSA) is 160 Å². The van der Waals surface area contributed by atoms with E-state index in [2.05, 4.69) is 87.0 Å². The number of nitrogens with zero attached hydrogens (tertiary/aromatic N) is 7. The second-order valence-corrected chi connectivity index (χ2v) is 24.6. The van der Waals surface area contributed by atoms with E-state index in [4.69, 9.17) is 14.0 Å². The van der Waals surface area contributed by atoms with Crippen LogP contribution in [0.2, 0.25) is 0 Å². The van der Waals surface area contributed by atoms with Gasteiger partial charge in [-0.2, -0.15) is 0 Å². The summed E-state index contributed by atoms with van der Waals surface area (Å²) in [6.45, 7) is 27.8. The molecular formula is C72H89BN8O7. The van der Waals surface area contributed by atoms with Gasteiger partial charge in [0.15, 0.2) is 0 Å². The molecule has 3 aromatic carbocycles. The molecule has 3 aromatic heterocycles. The molecule has 0 radical (unpaired) electrons. The predicted octanol–water partition coefficient (Wildman–Crippen LogP) is 11.8. The molecule has 2 aliphatic carbocycles. The monoisotopic (exact) mass is 1190 g/mol. The molecule has 2 spiro atoms. The number of pyridine rings is 3. The fraction of sp³-hybridized carbons (Fsp3) is 0.431. The fourth-order valence-corrected chi connectivity index (χ4v) is 12.5. The Balaban J connectivity index is 0.000000164. The first kappa shape index (κ1) is 64.7. The number of hydrogen-bond acceptors (Lipinski definition) is 11. The number of hydrogen-bond donors (Lipinski definition) is 1. The molecule has 3 aliphatic heterocycles. The van der Waals surface area contributed by atoms with Crippen LogP contribution in [-0.2, 0) is 33.5 Å². The number of rotatable bonds is 14. The maximum Gasteiger partial charge on any atom is 0.496 e. The minimum atomic E-state index is -0.449. The number of ether oxygens (including phenoxy) is 1. The lowest BCUT2D eigenvalue weighted by atomic mass is 9.67. The van der Waals surface area contributed by atoms with Crippen LogP contribution in [0.5, 0.6) is 0 Å². The molecule has 88 heavy (non-hydrogen) atoms. The zero-order chi connectivity index (χ0) is 62.6. The molecule has 11 rings (SSSR count). The average molecular weight is 1190 g/mol. The van der Waals surface area contributed by atoms with Gasteiger partial charge in [-0.3, -0.25) is 29.3 Å². The number of carbonyl (C=O) groups excluding carboxylic acids is 4. The molecule has 6 heterocycles. The van der Waals surface area contributed by atoms with E-state index in [1.165, 1.54) is 27.8 Å². The number of allylic oxidation sites excluding steroid dienone is 2. The lowest BCUT2D eigenvalue weighted by molar-refractivity contribution is 0.00578. The van der Waals surface area contributed by atoms with Gasteiger partial charge in [-0.05, 0) is 189 Å². The largest absolute Gasteiger partial charge is 0.496 e. The molecule has 3 saturated heterocycles. The maximum atomic E-state index is 12.8. The Bertz CT molecular complexity index is 3400. The van der Waals surface area contributed by atoms with Gasteiger partial charge < -0.3 is 39.0 Å². The standard InChI is InChI=1S/C32H35N3O3.C24H29N3O.C16H25BN2O3/c1-3-34(4-2)30(36)29-15-14-26(22-33-29)28-21-32(20-25-12-8-9-13-27(25)28)16-18-35(19-17-32)31(37)38-23-24-10-6-5-7-11-24;1-3-27(4-2)23(28)22-10-9-19(17-26-22)21-16-24(11-13-25-14-12-24)15-18-7-5-6-8-20(18)21;1-7-19(8-2)14(20)13-10-9-12(11-18-13)17-21-15(3,4)16(5,6)22-17/h5-15,21-22H,3-4,16-20,23H2,1-2H3;5-10,16-17,25H,3-4,11-15H2,1-2H3;9-11H,7-8H2,1-6H3. The summed E-state index contributed by atoms with van der Waals surface area (Å²) in [5.74, 6) is -0.0857. The average Bonchev–Trinajstić information content (AvgIpc) is 1.45. The predicted molar refractivity (Wildman–Crippen MR) is 349 cm³/mol. The zero-order valence-corrected chi connectivity index (χ0v) is 53.4. The number of likely N-dealkylation sites (tertiary alicyclic amines) is 1. The molecule has 16 heteroatoms. The van der Waals surface area contributed by atoms with Crippen molar-refractivity contribution >= 4 is 47.5 Å². The lowest BCUT2D eigenvalue weighted by Crippen LogP contribution is -2.44. The number of fused-ring (bicyclic) bond motifs is 2. The highest BCUT2D eigenvalue weighted by Crippen LogP contribution is 2.47. The number of piperidine rings is 2. The summed E-state index contributed by atoms with van der Waals surface area (Å²) >= 11 is 0. The van der Waals surface area contributed by atoms with Gasteiger partial charge >= 0.3 is 13.2 Å². The highest BCUT2D eigenvalue weighted by atomic mass is 16.7. The van der Waals surface area contributed by atoms with Crippen LogP contribution in [0.1, 0.15) is 165 Å². The molecule has 0 unspecified atom stereocenters. The van der Waals surface area contributed by atoms with E-state index in [0.717, 1.165) is 79.3 Å². The van der Waals surface area contributed by atoms with Crippen LogP contribution in [0.4, 0.5) is 4.79 Å². The Morgan fingerprint density at radius 2 is 0.932 bits per heavy atom. The van der Waals surface area contributed by atoms with Gasteiger partial charge in [0.1, 0.15) is 23.7 Å². The van der Waals surface area contributed by atoms with Crippen LogP contribution < -0.4 is 10.8 Å². The first-order chi connectivity index (χ1) is 42.4. The number of amides is 4. The molecule has 462 valence electrons. The van der Waals surface area contributed by atoms with Crippen LogP contribution in [0.15, 0.2) is 146 Å². The van der Waals surface area contributed by atoms with E-state index in [9.17, 15) is 19.2 Å². The summed E-state index contributed by atoms with van der Waals surface area (Å²) in [4.78, 5) is 70.9. The number of aromatic nitrogens is 3. The van der Waals surface area contributed by atoms with Crippen LogP contribution in [-0.4, -0.2) is 142 Å². The summed E-state index contributed by atoms with van der Waals surface area (Å²) < 4.78 is 17.6. The number of carbonyl (C=O) groups is 4. The van der Waals surface area contributed by atoms with Gasteiger partial charge in [0, 0.05) is 87.5 Å². The van der Waals surface area contributed by atoms with Crippen molar-refractivity contribution in [3.8, 4) is 0 Å². The summed E-state index contributed by atoms with van der Waals surface area (Å²) in [6.07, 6.45) is 16.1. The van der Waals surface area contributed by atoms with Crippen molar-refractivity contribution in [1.29, 1.82) is 0 Å². The first-order valence-corrected chi connectivity index (χ1v) is 31.8. The second-order valence-electron chi connectivity index (χ2n) is 24.6. The summed E-state index contributed by atoms with van der Waals surface area (Å²) in [5.41, 5.74) is 12.5. The minimum Gasteiger partial charge on any atom is -0.445 e. The van der Waals surface area contributed by atoms with Crippen molar-refractivity contribution in [2.75, 3.05) is 65.4 Å². The fourth-order valence-electron chi connectivity index (χ4n) is 12.5. The van der Waals surface area contributed by atoms with E-state index in [-0.39, 0.29) is 45.8 Å². The molecule has 5 aliphatic rings. The second kappa shape index (κ2) is 28.6. The third-order valence-electron chi connectivity index (χ3n) is 18.7. The molecule has 0 saturated carbocycles. The van der Waals surface area contributed by atoms with Crippen LogP contribution >= 0.6 is 0 Å². The first-order valence-electron chi connectivity index (χ1n) is 31.8. The van der Waals surface area contributed by atoms with Crippen molar-refractivity contribution in [3.05, 3.63) is 202 Å². The Labute approximate surface area is 522 Å². The highest BCUT2D eigenvalue weighted by Gasteiger charge is 2.52. The maximum absolute atomic E-state index is 12.8. The zero-order valence-electron chi connectivity index (χ0n) is 53.4. The molecule has 15 nitrogen and oxygen atoms in total. The van der Waals surface area contributed by atoms with E-state index < -0.39 is 7.12 Å². The smallest absolute Gasteiger partial charge is 0.445 e. The van der Waals surface area contributed by atoms with Crippen LogP contribution in [0.3, 0.4) is 0 Å². The van der Waals surface area contributed by atoms with Crippen LogP contribution in [0, 0.1) is 10.8 Å². The number of benzene rings is 3. The van der Waals surface area contributed by atoms with Gasteiger partial charge in [0.2, 0.25) is 0 Å². The van der Waals surface area contributed by atoms with Crippen molar-refractivity contribution in [3.63, 3.8) is 0 Å². The Morgan fingerprint density at radius 3 is 1.34 bits per heavy atom. The van der Waals surface area contributed by atoms with Crippen LogP contribution in [0.25, 0.3) is 11.1 Å². The molecule has 0 bridgehead atoms. The Morgan fingerprint density at radius 1 is 0.523 bits per heavy atom. The van der Waals surface area contributed by atoms with Crippen molar-refractivity contribution < 1.29 is 33.2 Å². The number of nitrogens with one attached hydrogen (secondary N) is 1. The van der Waals surface area contributed by atoms with Crippen molar-refractivity contribution in [2.45, 2.75) is 126 Å². The lowest BCUT2D eigenvalue weighted by Gasteiger charge is -2.42. The molecule has 0 atom stereocenters. The summed E-state index contributed by atoms with van der Waals surface area (Å²) in [6, 6.07) is 38.4. The minimum absolute atomic E-state index is 0.00407. The van der Waals surface area contributed by atoms with Gasteiger partial charge in [0.25, 0.3) is 17.7 Å². The van der Waals surface area contributed by atoms with Gasteiger partial charge in [-0.25, -0.2) is 4.79 Å². The van der Waals surface area contributed by atoms with E-state index >= 15 is 0 Å². The molecule has 1 N–H and O–H groups in total. The van der Waals surface area contributed by atoms with Crippen molar-refractivity contribution in [2.24, 2.45) is 10.8 Å². The normalized spacial score (nSPS) is 17.3. The molecule has 3 fully saturated rings. The van der Waals surface area contributed by atoms with Gasteiger partial charge in [-0.1, -0.05) is 109 Å². The summed E-state index contributed by atoms with van der Waals surface area (Å²) in [7, 11) is -0.449. The van der Waals surface area contributed by atoms with Crippen molar-refractivity contribution in [1.82, 2.24) is 39.9 Å². The molecule has 6 aromatic rings. The summed E-state index contributed by atoms with van der Waals surface area (Å²) in [5, 5.41) is 3.49. The van der Waals surface area contributed by atoms with E-state index in [0.29, 0.717) is 76.0 Å². The third-order valence-corrected chi connectivity index (χ3v) is 18.7. The van der Waals surface area contributed by atoms with Gasteiger partial charge in [-0.15, -0.1) is 0 Å². The molecule has 4 amide bonds. The van der Waals surface area contributed by atoms with E-state index in [1.807, 2.05) is 141 Å². The quantitative estimate of drug-likeness (QED) is 0.103. The van der Waals surface area contributed by atoms with E-state index in [1.54, 1.807) is 27.0 Å². The van der Waals surface area contributed by atoms with Gasteiger partial charge in [0.05, 0.1) is 11.2 Å². The Hall–Kier alpha value is -7.79. The third kappa shape index (κ3) is 14.7. The molecular weight excluding hydrogens is 1100 g/mol. The Kier molecular flexibility index (Phi) is 21.0. The SMILES string of the molecule is CCN(CC)C(=O)c1ccc(B2OC(C)(C)C(C)(C)O2)cn1.CCN(CC)C(=O)c1ccc(C2=CC3(CCN(C(=O)OCc4ccccc4)CC3)Cc3ccccc32)cn1.CCN(CC)C(=O)c1ccc(C2=CC3(CCNCC3)Cc3ccccc32)cn1.